The van der Waals surface area contributed by atoms with Crippen LogP contribution in [-0.2, 0) is 0 Å². The van der Waals surface area contributed by atoms with Gasteiger partial charge in [-0.2, -0.15) is 4.98 Å². The van der Waals surface area contributed by atoms with Crippen LogP contribution in [-0.4, -0.2) is 39.7 Å². The minimum atomic E-state index is 0.281. The number of fused-ring (bicyclic) bond motifs is 1. The Morgan fingerprint density at radius 3 is 2.75 bits per heavy atom. The normalized spacial score (nSPS) is 19.8. The predicted octanol–water partition coefficient (Wildman–Crippen LogP) is 2.85. The predicted molar refractivity (Wildman–Crippen MR) is 85.2 cm³/mol. The summed E-state index contributed by atoms with van der Waals surface area (Å²) in [5, 5.41) is 5.43. The Bertz CT molecular complexity index is 531. The van der Waals surface area contributed by atoms with Gasteiger partial charge in [0.05, 0.1) is 12.2 Å². The lowest BCUT2D eigenvalue weighted by Gasteiger charge is -2.47. The van der Waals surface area contributed by atoms with Crippen molar-refractivity contribution in [3.63, 3.8) is 0 Å². The number of hydrogen-bond acceptors (Lipinski definition) is 4. The molecule has 1 aliphatic carbocycles. The standard InChI is InChI=1S/C13H18ClN5S/c1-3-18-13(20)17(2)10-8-15-12(14)16-11(10)19(18)9-6-4-5-7-9/h8-9H,3-7H2,1-2H3. The molecule has 0 radical (unpaired) electrons. The summed E-state index contributed by atoms with van der Waals surface area (Å²) in [5.41, 5.74) is 0.927. The van der Waals surface area contributed by atoms with Crippen molar-refractivity contribution in [3.8, 4) is 0 Å². The van der Waals surface area contributed by atoms with Crippen LogP contribution in [0.25, 0.3) is 0 Å². The number of anilines is 2. The van der Waals surface area contributed by atoms with E-state index in [9.17, 15) is 0 Å². The van der Waals surface area contributed by atoms with Gasteiger partial charge in [0.2, 0.25) is 5.28 Å². The molecule has 0 spiro atoms. The first-order valence-electron chi connectivity index (χ1n) is 7.00. The Morgan fingerprint density at radius 2 is 2.10 bits per heavy atom. The van der Waals surface area contributed by atoms with Gasteiger partial charge in [-0.1, -0.05) is 12.8 Å². The maximum Gasteiger partial charge on any atom is 0.224 e. The van der Waals surface area contributed by atoms with E-state index in [0.29, 0.717) is 6.04 Å². The van der Waals surface area contributed by atoms with Crippen molar-refractivity contribution in [2.45, 2.75) is 38.6 Å². The highest BCUT2D eigenvalue weighted by atomic mass is 35.5. The van der Waals surface area contributed by atoms with Crippen LogP contribution in [0.1, 0.15) is 32.6 Å². The van der Waals surface area contributed by atoms with Gasteiger partial charge < -0.3 is 4.90 Å². The number of thiocarbonyl (C=S) groups is 1. The molecule has 3 rings (SSSR count). The van der Waals surface area contributed by atoms with Crippen molar-refractivity contribution in [2.24, 2.45) is 0 Å². The fourth-order valence-electron chi connectivity index (χ4n) is 3.04. The zero-order chi connectivity index (χ0) is 14.3. The van der Waals surface area contributed by atoms with E-state index < -0.39 is 0 Å². The van der Waals surface area contributed by atoms with Crippen LogP contribution in [0.3, 0.4) is 0 Å². The SMILES string of the molecule is CCN1C(=S)N(C)c2cnc(Cl)nc2N1C1CCCC1. The minimum absolute atomic E-state index is 0.281. The number of rotatable bonds is 2. The molecule has 1 saturated carbocycles. The summed E-state index contributed by atoms with van der Waals surface area (Å²) < 4.78 is 0. The average Bonchev–Trinajstić information content (AvgIpc) is 2.96. The first-order chi connectivity index (χ1) is 9.63. The van der Waals surface area contributed by atoms with E-state index in [4.69, 9.17) is 23.8 Å². The van der Waals surface area contributed by atoms with Gasteiger partial charge in [-0.3, -0.25) is 10.0 Å². The lowest BCUT2D eigenvalue weighted by Crippen LogP contribution is -2.58. The second kappa shape index (κ2) is 5.33. The third-order valence-corrected chi connectivity index (χ3v) is 4.70. The van der Waals surface area contributed by atoms with Crippen molar-refractivity contribution >= 4 is 40.4 Å². The maximum atomic E-state index is 6.00. The maximum absolute atomic E-state index is 6.00. The molecule has 2 heterocycles. The molecule has 5 nitrogen and oxygen atoms in total. The van der Waals surface area contributed by atoms with Crippen molar-refractivity contribution in [1.29, 1.82) is 0 Å². The van der Waals surface area contributed by atoms with Crippen molar-refractivity contribution in [3.05, 3.63) is 11.5 Å². The first-order valence-corrected chi connectivity index (χ1v) is 7.79. The molecule has 1 fully saturated rings. The van der Waals surface area contributed by atoms with Gasteiger partial charge in [0.1, 0.15) is 5.69 Å². The number of halogens is 1. The highest BCUT2D eigenvalue weighted by molar-refractivity contribution is 7.80. The fraction of sp³-hybridized carbons (Fsp3) is 0.615. The molecule has 1 aromatic heterocycles. The van der Waals surface area contributed by atoms with E-state index >= 15 is 0 Å². The van der Waals surface area contributed by atoms with Gasteiger partial charge in [0.15, 0.2) is 10.9 Å². The van der Waals surface area contributed by atoms with Crippen LogP contribution in [0.2, 0.25) is 5.28 Å². The van der Waals surface area contributed by atoms with Crippen LogP contribution < -0.4 is 9.91 Å². The molecular weight excluding hydrogens is 294 g/mol. The molecule has 0 unspecified atom stereocenters. The van der Waals surface area contributed by atoms with E-state index in [1.165, 1.54) is 25.7 Å². The number of hydrogen-bond donors (Lipinski definition) is 0. The second-order valence-corrected chi connectivity index (χ2v) is 5.89. The number of aromatic nitrogens is 2. The van der Waals surface area contributed by atoms with E-state index in [1.807, 2.05) is 11.9 Å². The fourth-order valence-corrected chi connectivity index (χ4v) is 3.48. The van der Waals surface area contributed by atoms with E-state index in [0.717, 1.165) is 23.2 Å². The lowest BCUT2D eigenvalue weighted by molar-refractivity contribution is 0.342. The van der Waals surface area contributed by atoms with Gasteiger partial charge in [-0.05, 0) is 43.6 Å². The van der Waals surface area contributed by atoms with Crippen LogP contribution in [0, 0.1) is 0 Å². The second-order valence-electron chi connectivity index (χ2n) is 5.19. The van der Waals surface area contributed by atoms with E-state index in [1.54, 1.807) is 6.20 Å². The van der Waals surface area contributed by atoms with Gasteiger partial charge in [0.25, 0.3) is 0 Å². The van der Waals surface area contributed by atoms with E-state index in [2.05, 4.69) is 26.9 Å². The molecule has 1 aliphatic heterocycles. The largest absolute Gasteiger partial charge is 0.316 e. The zero-order valence-corrected chi connectivity index (χ0v) is 13.3. The molecule has 2 aliphatic rings. The van der Waals surface area contributed by atoms with Crippen molar-refractivity contribution in [2.75, 3.05) is 23.5 Å². The van der Waals surface area contributed by atoms with Gasteiger partial charge in [-0.15, -0.1) is 0 Å². The van der Waals surface area contributed by atoms with Crippen molar-refractivity contribution in [1.82, 2.24) is 15.0 Å². The summed E-state index contributed by atoms with van der Waals surface area (Å²) in [5.74, 6) is 0.870. The molecule has 7 heteroatoms. The van der Waals surface area contributed by atoms with Crippen LogP contribution in [0.4, 0.5) is 11.5 Å². The number of hydrazine groups is 1. The smallest absolute Gasteiger partial charge is 0.224 e. The first kappa shape index (κ1) is 13.8. The molecule has 108 valence electrons. The monoisotopic (exact) mass is 311 g/mol. The van der Waals surface area contributed by atoms with Gasteiger partial charge in [0, 0.05) is 13.6 Å². The Labute approximate surface area is 129 Å². The van der Waals surface area contributed by atoms with E-state index in [-0.39, 0.29) is 5.28 Å². The molecular formula is C13H18ClN5S. The van der Waals surface area contributed by atoms with Crippen LogP contribution in [0.15, 0.2) is 6.20 Å². The Kier molecular flexibility index (Phi) is 3.69. The summed E-state index contributed by atoms with van der Waals surface area (Å²) in [4.78, 5) is 10.5. The summed E-state index contributed by atoms with van der Waals surface area (Å²) in [7, 11) is 1.95. The molecule has 0 saturated heterocycles. The summed E-state index contributed by atoms with van der Waals surface area (Å²) in [6.07, 6.45) is 6.62. The third-order valence-electron chi connectivity index (χ3n) is 4.04. The lowest BCUT2D eigenvalue weighted by atomic mass is 10.2. The molecule has 0 bridgehead atoms. The molecule has 20 heavy (non-hydrogen) atoms. The highest BCUT2D eigenvalue weighted by Gasteiger charge is 2.37. The van der Waals surface area contributed by atoms with Gasteiger partial charge >= 0.3 is 0 Å². The average molecular weight is 312 g/mol. The molecule has 1 aromatic rings. The number of nitrogens with zero attached hydrogens (tertiary/aromatic N) is 5. The highest BCUT2D eigenvalue weighted by Crippen LogP contribution is 2.38. The zero-order valence-electron chi connectivity index (χ0n) is 11.7. The van der Waals surface area contributed by atoms with Crippen LogP contribution >= 0.6 is 23.8 Å². The summed E-state index contributed by atoms with van der Waals surface area (Å²) in [6, 6.07) is 0.450. The molecule has 0 atom stereocenters. The minimum Gasteiger partial charge on any atom is -0.316 e. The van der Waals surface area contributed by atoms with Crippen molar-refractivity contribution < 1.29 is 0 Å². The third kappa shape index (κ3) is 2.11. The van der Waals surface area contributed by atoms with Gasteiger partial charge in [-0.25, -0.2) is 4.98 Å². The molecule has 0 amide bonds. The molecule has 0 aromatic carbocycles. The van der Waals surface area contributed by atoms with Crippen LogP contribution in [0.5, 0.6) is 0 Å². The summed E-state index contributed by atoms with van der Waals surface area (Å²) >= 11 is 11.6. The topological polar surface area (TPSA) is 35.5 Å². The molecule has 0 N–H and O–H groups in total. The Balaban J connectivity index is 2.11. The Hall–Kier alpha value is -1.14. The summed E-state index contributed by atoms with van der Waals surface area (Å²) in [6.45, 7) is 2.93. The Morgan fingerprint density at radius 1 is 1.40 bits per heavy atom. The quantitative estimate of drug-likeness (QED) is 0.617.